The Morgan fingerprint density at radius 1 is 1.28 bits per heavy atom. The Bertz CT molecular complexity index is 509. The van der Waals surface area contributed by atoms with Crippen LogP contribution in [0.15, 0.2) is 35.3 Å². The summed E-state index contributed by atoms with van der Waals surface area (Å²) in [7, 11) is 1.81. The van der Waals surface area contributed by atoms with Gasteiger partial charge in [0.25, 0.3) is 0 Å². The summed E-state index contributed by atoms with van der Waals surface area (Å²) in [5, 5.41) is 6.84. The fourth-order valence-electron chi connectivity index (χ4n) is 3.02. The molecule has 0 aromatic heterocycles. The molecule has 1 saturated heterocycles. The predicted molar refractivity (Wildman–Crippen MR) is 116 cm³/mol. The third-order valence-electron chi connectivity index (χ3n) is 4.22. The van der Waals surface area contributed by atoms with Crippen LogP contribution in [0.4, 0.5) is 0 Å². The summed E-state index contributed by atoms with van der Waals surface area (Å²) in [6, 6.07) is 10.6. The minimum Gasteiger partial charge on any atom is -0.374 e. The Morgan fingerprint density at radius 3 is 2.64 bits per heavy atom. The second kappa shape index (κ2) is 11.7. The summed E-state index contributed by atoms with van der Waals surface area (Å²) in [6.45, 7) is 11.4. The second-order valence-electron chi connectivity index (χ2n) is 6.88. The maximum Gasteiger partial charge on any atom is 0.191 e. The van der Waals surface area contributed by atoms with Crippen molar-refractivity contribution in [3.63, 3.8) is 0 Å². The number of morpholine rings is 1. The minimum atomic E-state index is 0. The van der Waals surface area contributed by atoms with E-state index in [9.17, 15) is 0 Å². The van der Waals surface area contributed by atoms with E-state index in [-0.39, 0.29) is 36.1 Å². The molecule has 1 fully saturated rings. The summed E-state index contributed by atoms with van der Waals surface area (Å²) in [4.78, 5) is 6.82. The van der Waals surface area contributed by atoms with Crippen LogP contribution < -0.4 is 10.6 Å². The van der Waals surface area contributed by atoms with Gasteiger partial charge in [0.05, 0.1) is 18.8 Å². The van der Waals surface area contributed by atoms with E-state index in [1.807, 2.05) is 6.07 Å². The van der Waals surface area contributed by atoms with E-state index in [2.05, 4.69) is 65.6 Å². The van der Waals surface area contributed by atoms with Crippen LogP contribution in [0.1, 0.15) is 32.4 Å². The molecule has 2 rings (SSSR count). The van der Waals surface area contributed by atoms with Crippen molar-refractivity contribution < 1.29 is 4.74 Å². The summed E-state index contributed by atoms with van der Waals surface area (Å²) in [5.41, 5.74) is 1.25. The summed E-state index contributed by atoms with van der Waals surface area (Å²) >= 11 is 0. The van der Waals surface area contributed by atoms with Gasteiger partial charge in [0, 0.05) is 33.2 Å². The highest BCUT2D eigenvalue weighted by Gasteiger charge is 2.21. The molecule has 0 bridgehead atoms. The third-order valence-corrected chi connectivity index (χ3v) is 4.22. The van der Waals surface area contributed by atoms with Crippen LogP contribution in [0.25, 0.3) is 0 Å². The number of hydrogen-bond donors (Lipinski definition) is 2. The molecule has 1 aliphatic heterocycles. The van der Waals surface area contributed by atoms with E-state index in [0.29, 0.717) is 5.92 Å². The van der Waals surface area contributed by atoms with Gasteiger partial charge < -0.3 is 15.4 Å². The van der Waals surface area contributed by atoms with Crippen molar-refractivity contribution in [3.05, 3.63) is 35.9 Å². The van der Waals surface area contributed by atoms with Crippen molar-refractivity contribution in [1.82, 2.24) is 15.5 Å². The molecule has 5 nitrogen and oxygen atoms in total. The smallest absolute Gasteiger partial charge is 0.191 e. The molecule has 2 N–H and O–H groups in total. The van der Waals surface area contributed by atoms with E-state index < -0.39 is 0 Å². The van der Waals surface area contributed by atoms with Crippen LogP contribution in [0.3, 0.4) is 0 Å². The Morgan fingerprint density at radius 2 is 2.00 bits per heavy atom. The van der Waals surface area contributed by atoms with Gasteiger partial charge in [-0.05, 0) is 18.4 Å². The van der Waals surface area contributed by atoms with Crippen LogP contribution in [0.2, 0.25) is 0 Å². The van der Waals surface area contributed by atoms with Gasteiger partial charge in [-0.2, -0.15) is 0 Å². The SMILES string of the molecule is CN=C(NCC1CN(CC(C)C)CCO1)NC(C)c1ccccc1.I. The lowest BCUT2D eigenvalue weighted by molar-refractivity contribution is -0.0284. The van der Waals surface area contributed by atoms with Crippen molar-refractivity contribution in [1.29, 1.82) is 0 Å². The molecule has 1 aromatic carbocycles. The molecule has 0 aliphatic carbocycles. The highest BCUT2D eigenvalue weighted by Crippen LogP contribution is 2.11. The molecule has 25 heavy (non-hydrogen) atoms. The fourth-order valence-corrected chi connectivity index (χ4v) is 3.02. The number of guanidine groups is 1. The van der Waals surface area contributed by atoms with Crippen LogP contribution >= 0.6 is 24.0 Å². The zero-order chi connectivity index (χ0) is 17.4. The highest BCUT2D eigenvalue weighted by atomic mass is 127. The van der Waals surface area contributed by atoms with E-state index in [0.717, 1.165) is 38.7 Å². The molecule has 142 valence electrons. The number of ether oxygens (including phenoxy) is 1. The third kappa shape index (κ3) is 7.92. The van der Waals surface area contributed by atoms with E-state index in [1.165, 1.54) is 5.56 Å². The molecule has 1 aliphatic rings. The Labute approximate surface area is 169 Å². The fraction of sp³-hybridized carbons (Fsp3) is 0.632. The monoisotopic (exact) mass is 460 g/mol. The largest absolute Gasteiger partial charge is 0.374 e. The van der Waals surface area contributed by atoms with E-state index in [4.69, 9.17) is 4.74 Å². The van der Waals surface area contributed by atoms with Crippen molar-refractivity contribution in [2.75, 3.05) is 39.8 Å². The number of hydrogen-bond acceptors (Lipinski definition) is 3. The molecule has 6 heteroatoms. The zero-order valence-corrected chi connectivity index (χ0v) is 18.2. The molecular formula is C19H33IN4O. The van der Waals surface area contributed by atoms with Gasteiger partial charge in [-0.1, -0.05) is 44.2 Å². The predicted octanol–water partition coefficient (Wildman–Crippen LogP) is 2.89. The lowest BCUT2D eigenvalue weighted by Crippen LogP contribution is -2.50. The first kappa shape index (κ1) is 22.2. The molecule has 0 radical (unpaired) electrons. The molecule has 0 amide bonds. The van der Waals surface area contributed by atoms with E-state index in [1.54, 1.807) is 7.05 Å². The molecule has 0 spiro atoms. The van der Waals surface area contributed by atoms with Gasteiger partial charge in [0.2, 0.25) is 0 Å². The molecular weight excluding hydrogens is 427 g/mol. The summed E-state index contributed by atoms with van der Waals surface area (Å²) < 4.78 is 5.89. The lowest BCUT2D eigenvalue weighted by atomic mass is 10.1. The van der Waals surface area contributed by atoms with Gasteiger partial charge >= 0.3 is 0 Å². The molecule has 0 saturated carbocycles. The first-order valence-electron chi connectivity index (χ1n) is 8.94. The van der Waals surface area contributed by atoms with Gasteiger partial charge in [0.1, 0.15) is 0 Å². The van der Waals surface area contributed by atoms with Gasteiger partial charge in [-0.3, -0.25) is 9.89 Å². The van der Waals surface area contributed by atoms with Crippen LogP contribution in [-0.2, 0) is 4.74 Å². The van der Waals surface area contributed by atoms with Crippen LogP contribution in [0, 0.1) is 5.92 Å². The quantitative estimate of drug-likeness (QED) is 0.390. The highest BCUT2D eigenvalue weighted by molar-refractivity contribution is 14.0. The first-order valence-corrected chi connectivity index (χ1v) is 8.94. The Balaban J connectivity index is 0.00000312. The normalized spacial score (nSPS) is 20.0. The van der Waals surface area contributed by atoms with Crippen molar-refractivity contribution in [3.8, 4) is 0 Å². The topological polar surface area (TPSA) is 48.9 Å². The molecule has 2 atom stereocenters. The second-order valence-corrected chi connectivity index (χ2v) is 6.88. The Hall–Kier alpha value is -0.860. The van der Waals surface area contributed by atoms with Crippen molar-refractivity contribution in [2.45, 2.75) is 32.9 Å². The van der Waals surface area contributed by atoms with Crippen molar-refractivity contribution in [2.24, 2.45) is 10.9 Å². The zero-order valence-electron chi connectivity index (χ0n) is 15.9. The number of aliphatic imine (C=N–C) groups is 1. The summed E-state index contributed by atoms with van der Waals surface area (Å²) in [5.74, 6) is 1.51. The number of nitrogens with one attached hydrogen (secondary N) is 2. The van der Waals surface area contributed by atoms with Gasteiger partial charge in [-0.25, -0.2) is 0 Å². The van der Waals surface area contributed by atoms with Crippen LogP contribution in [-0.4, -0.2) is 56.8 Å². The molecule has 1 aromatic rings. The summed E-state index contributed by atoms with van der Waals surface area (Å²) in [6.07, 6.45) is 0.211. The molecule has 2 unspecified atom stereocenters. The maximum atomic E-state index is 5.89. The molecule has 1 heterocycles. The standard InChI is InChI=1S/C19H32N4O.HI/c1-15(2)13-23-10-11-24-18(14-23)12-21-19(20-4)22-16(3)17-8-6-5-7-9-17;/h5-9,15-16,18H,10-14H2,1-4H3,(H2,20,21,22);1H. The Kier molecular flexibility index (Phi) is 10.4. The minimum absolute atomic E-state index is 0. The van der Waals surface area contributed by atoms with Crippen molar-refractivity contribution >= 4 is 29.9 Å². The number of halogens is 1. The lowest BCUT2D eigenvalue weighted by Gasteiger charge is -2.34. The average Bonchev–Trinajstić information content (AvgIpc) is 2.59. The van der Waals surface area contributed by atoms with E-state index >= 15 is 0 Å². The van der Waals surface area contributed by atoms with Gasteiger partial charge in [-0.15, -0.1) is 24.0 Å². The number of rotatable bonds is 6. The maximum absolute atomic E-state index is 5.89. The first-order chi connectivity index (χ1) is 11.6. The number of nitrogens with zero attached hydrogens (tertiary/aromatic N) is 2. The average molecular weight is 460 g/mol. The van der Waals surface area contributed by atoms with Crippen LogP contribution in [0.5, 0.6) is 0 Å². The van der Waals surface area contributed by atoms with Gasteiger partial charge in [0.15, 0.2) is 5.96 Å². The number of benzene rings is 1.